The maximum atomic E-state index is 13.1. The van der Waals surface area contributed by atoms with E-state index in [4.69, 9.17) is 14.2 Å². The molecule has 0 saturated carbocycles. The number of hydrogen-bond donors (Lipinski definition) is 2. The molecule has 2 aromatic carbocycles. The van der Waals surface area contributed by atoms with Crippen LogP contribution >= 0.6 is 0 Å². The summed E-state index contributed by atoms with van der Waals surface area (Å²) >= 11 is 0. The first-order valence-corrected chi connectivity index (χ1v) is 10.3. The van der Waals surface area contributed by atoms with Crippen LogP contribution in [0.25, 0.3) is 5.76 Å². The van der Waals surface area contributed by atoms with Crippen molar-refractivity contribution in [3.8, 4) is 23.0 Å². The van der Waals surface area contributed by atoms with Crippen molar-refractivity contribution < 1.29 is 34.0 Å². The van der Waals surface area contributed by atoms with Gasteiger partial charge in [0, 0.05) is 6.54 Å². The number of phenolic OH excluding ortho intramolecular Hbond substituents is 1. The second kappa shape index (κ2) is 9.64. The fourth-order valence-electron chi connectivity index (χ4n) is 3.88. The molecule has 1 atom stereocenters. The number of ketones is 1. The van der Waals surface area contributed by atoms with E-state index in [1.54, 1.807) is 30.3 Å². The summed E-state index contributed by atoms with van der Waals surface area (Å²) in [7, 11) is 4.30. The molecule has 1 unspecified atom stereocenters. The van der Waals surface area contributed by atoms with E-state index in [-0.39, 0.29) is 34.1 Å². The summed E-state index contributed by atoms with van der Waals surface area (Å²) in [5.74, 6) is -1.24. The molecule has 0 radical (unpaired) electrons. The first kappa shape index (κ1) is 23.0. The molecule has 2 aromatic rings. The van der Waals surface area contributed by atoms with E-state index in [1.807, 2.05) is 6.92 Å². The molecule has 2 N–H and O–H groups in total. The van der Waals surface area contributed by atoms with Crippen LogP contribution in [0.5, 0.6) is 23.0 Å². The molecule has 1 aliphatic rings. The summed E-state index contributed by atoms with van der Waals surface area (Å²) in [6.07, 6.45) is 1.48. The Morgan fingerprint density at radius 2 is 1.62 bits per heavy atom. The molecular weight excluding hydrogens is 414 g/mol. The maximum absolute atomic E-state index is 13.1. The Kier molecular flexibility index (Phi) is 6.92. The zero-order chi connectivity index (χ0) is 23.4. The van der Waals surface area contributed by atoms with Gasteiger partial charge in [0.1, 0.15) is 22.8 Å². The number of likely N-dealkylation sites (tertiary alicyclic amines) is 1. The van der Waals surface area contributed by atoms with Crippen molar-refractivity contribution in [2.24, 2.45) is 0 Å². The number of amides is 1. The molecule has 0 spiro atoms. The number of Topliss-reactive ketones (excluding diaryl/α,β-unsaturated/α-hetero) is 1. The van der Waals surface area contributed by atoms with E-state index in [9.17, 15) is 19.8 Å². The van der Waals surface area contributed by atoms with E-state index < -0.39 is 23.5 Å². The molecule has 3 rings (SSSR count). The van der Waals surface area contributed by atoms with E-state index in [2.05, 4.69) is 0 Å². The Morgan fingerprint density at radius 1 is 1.00 bits per heavy atom. The highest BCUT2D eigenvalue weighted by Crippen LogP contribution is 2.44. The summed E-state index contributed by atoms with van der Waals surface area (Å²) in [6.45, 7) is 2.29. The number of nitrogens with zero attached hydrogens (tertiary/aromatic N) is 1. The van der Waals surface area contributed by atoms with Crippen molar-refractivity contribution in [2.45, 2.75) is 25.8 Å². The Morgan fingerprint density at radius 3 is 2.16 bits per heavy atom. The molecule has 1 amide bonds. The van der Waals surface area contributed by atoms with Gasteiger partial charge in [-0.2, -0.15) is 0 Å². The highest BCUT2D eigenvalue weighted by Gasteiger charge is 2.46. The summed E-state index contributed by atoms with van der Waals surface area (Å²) in [6, 6.07) is 8.68. The molecule has 32 heavy (non-hydrogen) atoms. The summed E-state index contributed by atoms with van der Waals surface area (Å²) in [4.78, 5) is 27.5. The summed E-state index contributed by atoms with van der Waals surface area (Å²) in [5, 5.41) is 21.6. The molecule has 0 bridgehead atoms. The van der Waals surface area contributed by atoms with Crippen LogP contribution in [0.1, 0.15) is 36.9 Å². The quantitative estimate of drug-likeness (QED) is 0.366. The fraction of sp³-hybridized carbons (Fsp3) is 0.333. The first-order chi connectivity index (χ1) is 15.4. The molecule has 170 valence electrons. The van der Waals surface area contributed by atoms with Gasteiger partial charge in [0.05, 0.1) is 32.9 Å². The second-order valence-corrected chi connectivity index (χ2v) is 7.31. The van der Waals surface area contributed by atoms with Crippen molar-refractivity contribution in [2.75, 3.05) is 27.9 Å². The number of hydrogen-bond acceptors (Lipinski definition) is 7. The van der Waals surface area contributed by atoms with Crippen LogP contribution in [0, 0.1) is 0 Å². The standard InChI is InChI=1S/C24H27NO7/c1-5-6-12-25-21(14-10-11-16(30-2)15(26)13-14)20(23(28)24(25)29)22(27)19-17(31-3)8-7-9-18(19)32-4/h7-11,13,21,26-27H,5-6,12H2,1-4H3/b22-20+. The number of phenols is 1. The third kappa shape index (κ3) is 3.95. The molecule has 8 nitrogen and oxygen atoms in total. The van der Waals surface area contributed by atoms with Gasteiger partial charge in [-0.05, 0) is 36.2 Å². The minimum absolute atomic E-state index is 0.0986. The fourth-order valence-corrected chi connectivity index (χ4v) is 3.88. The van der Waals surface area contributed by atoms with Crippen LogP contribution in [0.4, 0.5) is 0 Å². The number of aliphatic hydroxyl groups is 1. The number of benzene rings is 2. The Bertz CT molecular complexity index is 1040. The molecule has 8 heteroatoms. The van der Waals surface area contributed by atoms with Gasteiger partial charge < -0.3 is 29.3 Å². The SMILES string of the molecule is CCCCN1C(=O)C(=O)/C(=C(/O)c2c(OC)cccc2OC)C1c1ccc(OC)c(O)c1. The van der Waals surface area contributed by atoms with Crippen LogP contribution < -0.4 is 14.2 Å². The minimum atomic E-state index is -0.895. The van der Waals surface area contributed by atoms with Gasteiger partial charge in [0.15, 0.2) is 11.5 Å². The number of aromatic hydroxyl groups is 1. The maximum Gasteiger partial charge on any atom is 0.295 e. The first-order valence-electron chi connectivity index (χ1n) is 10.3. The Labute approximate surface area is 186 Å². The lowest BCUT2D eigenvalue weighted by atomic mass is 9.94. The highest BCUT2D eigenvalue weighted by molar-refractivity contribution is 6.46. The number of carbonyl (C=O) groups excluding carboxylic acids is 2. The number of rotatable bonds is 8. The predicted octanol–water partition coefficient (Wildman–Crippen LogP) is 3.64. The molecule has 1 fully saturated rings. The van der Waals surface area contributed by atoms with Crippen molar-refractivity contribution in [1.29, 1.82) is 0 Å². The van der Waals surface area contributed by atoms with Crippen LogP contribution in [-0.2, 0) is 9.59 Å². The van der Waals surface area contributed by atoms with Gasteiger partial charge in [-0.15, -0.1) is 0 Å². The normalized spacial score (nSPS) is 17.5. The topological polar surface area (TPSA) is 106 Å². The number of aliphatic hydroxyl groups excluding tert-OH is 1. The predicted molar refractivity (Wildman–Crippen MR) is 118 cm³/mol. The average Bonchev–Trinajstić information content (AvgIpc) is 3.06. The Balaban J connectivity index is 2.27. The average molecular weight is 441 g/mol. The smallest absolute Gasteiger partial charge is 0.295 e. The lowest BCUT2D eigenvalue weighted by Gasteiger charge is -2.26. The minimum Gasteiger partial charge on any atom is -0.506 e. The highest BCUT2D eigenvalue weighted by atomic mass is 16.5. The third-order valence-corrected chi connectivity index (χ3v) is 5.48. The van der Waals surface area contributed by atoms with E-state index >= 15 is 0 Å². The van der Waals surface area contributed by atoms with Crippen LogP contribution in [-0.4, -0.2) is 54.7 Å². The monoisotopic (exact) mass is 441 g/mol. The summed E-state index contributed by atoms with van der Waals surface area (Å²) in [5.41, 5.74) is 0.543. The van der Waals surface area contributed by atoms with Crippen molar-refractivity contribution in [1.82, 2.24) is 4.90 Å². The largest absolute Gasteiger partial charge is 0.506 e. The lowest BCUT2D eigenvalue weighted by Crippen LogP contribution is -2.30. The van der Waals surface area contributed by atoms with Crippen molar-refractivity contribution in [3.63, 3.8) is 0 Å². The van der Waals surface area contributed by atoms with E-state index in [1.165, 1.54) is 32.3 Å². The van der Waals surface area contributed by atoms with Crippen LogP contribution in [0.3, 0.4) is 0 Å². The van der Waals surface area contributed by atoms with Gasteiger partial charge in [0.2, 0.25) is 0 Å². The van der Waals surface area contributed by atoms with Crippen molar-refractivity contribution >= 4 is 17.4 Å². The van der Waals surface area contributed by atoms with Crippen LogP contribution in [0.2, 0.25) is 0 Å². The van der Waals surface area contributed by atoms with Gasteiger partial charge in [-0.1, -0.05) is 25.5 Å². The molecule has 0 aliphatic carbocycles. The third-order valence-electron chi connectivity index (χ3n) is 5.48. The van der Waals surface area contributed by atoms with Gasteiger partial charge in [-0.3, -0.25) is 9.59 Å². The lowest BCUT2D eigenvalue weighted by molar-refractivity contribution is -0.139. The van der Waals surface area contributed by atoms with Crippen molar-refractivity contribution in [3.05, 3.63) is 53.1 Å². The van der Waals surface area contributed by atoms with Gasteiger partial charge >= 0.3 is 0 Å². The van der Waals surface area contributed by atoms with E-state index in [0.29, 0.717) is 18.5 Å². The second-order valence-electron chi connectivity index (χ2n) is 7.31. The zero-order valence-corrected chi connectivity index (χ0v) is 18.5. The number of methoxy groups -OCH3 is 3. The van der Waals surface area contributed by atoms with E-state index in [0.717, 1.165) is 6.42 Å². The van der Waals surface area contributed by atoms with Gasteiger partial charge in [0.25, 0.3) is 11.7 Å². The number of ether oxygens (including phenoxy) is 3. The number of unbranched alkanes of at least 4 members (excludes halogenated alkanes) is 1. The molecule has 1 heterocycles. The zero-order valence-electron chi connectivity index (χ0n) is 18.5. The number of carbonyl (C=O) groups is 2. The summed E-state index contributed by atoms with van der Waals surface area (Å²) < 4.78 is 15.9. The molecule has 1 aliphatic heterocycles. The Hall–Kier alpha value is -3.68. The van der Waals surface area contributed by atoms with Crippen LogP contribution in [0.15, 0.2) is 42.0 Å². The molecular formula is C24H27NO7. The molecule has 0 aromatic heterocycles. The van der Waals surface area contributed by atoms with Gasteiger partial charge in [-0.25, -0.2) is 0 Å². The molecule has 1 saturated heterocycles.